The minimum atomic E-state index is -0.270. The summed E-state index contributed by atoms with van der Waals surface area (Å²) in [6.45, 7) is 5.05. The van der Waals surface area contributed by atoms with E-state index in [1.54, 1.807) is 4.90 Å². The van der Waals surface area contributed by atoms with E-state index in [1.807, 2.05) is 36.5 Å². The van der Waals surface area contributed by atoms with Gasteiger partial charge in [0.2, 0.25) is 5.91 Å². The van der Waals surface area contributed by atoms with Crippen molar-refractivity contribution in [2.75, 3.05) is 13.1 Å². The highest BCUT2D eigenvalue weighted by atomic mass is 16.2. The van der Waals surface area contributed by atoms with Crippen LogP contribution in [-0.4, -0.2) is 45.4 Å². The lowest BCUT2D eigenvalue weighted by Crippen LogP contribution is -2.48. The van der Waals surface area contributed by atoms with Crippen molar-refractivity contribution < 1.29 is 4.79 Å². The molecule has 0 spiro atoms. The average molecular weight is 351 g/mol. The van der Waals surface area contributed by atoms with Gasteiger partial charge < -0.3 is 15.2 Å². The minimum absolute atomic E-state index is 0.00305. The van der Waals surface area contributed by atoms with Crippen LogP contribution in [0.3, 0.4) is 0 Å². The van der Waals surface area contributed by atoms with Crippen LogP contribution in [0.5, 0.6) is 0 Å². The summed E-state index contributed by atoms with van der Waals surface area (Å²) in [6, 6.07) is 11.9. The maximum Gasteiger partial charge on any atom is 0.237 e. The molecule has 1 aromatic carbocycles. The van der Waals surface area contributed by atoms with E-state index in [0.717, 1.165) is 36.3 Å². The van der Waals surface area contributed by atoms with E-state index in [0.29, 0.717) is 6.54 Å². The van der Waals surface area contributed by atoms with Crippen LogP contribution in [-0.2, 0) is 11.2 Å². The van der Waals surface area contributed by atoms with Crippen molar-refractivity contribution in [1.82, 2.24) is 20.2 Å². The van der Waals surface area contributed by atoms with Crippen molar-refractivity contribution in [2.45, 2.75) is 44.7 Å². The maximum absolute atomic E-state index is 12.4. The number of rotatable bonds is 6. The monoisotopic (exact) mass is 351 g/mol. The van der Waals surface area contributed by atoms with Gasteiger partial charge in [0, 0.05) is 36.0 Å². The van der Waals surface area contributed by atoms with Crippen LogP contribution in [0, 0.1) is 11.3 Å². The minimum Gasteiger partial charge on any atom is -0.342 e. The predicted octanol–water partition coefficient (Wildman–Crippen LogP) is 2.50. The molecule has 2 N–H and O–H groups in total. The third-order valence-corrected chi connectivity index (χ3v) is 4.75. The first-order valence-corrected chi connectivity index (χ1v) is 9.02. The Morgan fingerprint density at radius 3 is 2.92 bits per heavy atom. The van der Waals surface area contributed by atoms with Gasteiger partial charge in [0.05, 0.1) is 12.6 Å². The average Bonchev–Trinajstić information content (AvgIpc) is 3.29. The van der Waals surface area contributed by atoms with E-state index in [9.17, 15) is 4.79 Å². The quantitative estimate of drug-likeness (QED) is 0.837. The Balaban J connectivity index is 1.57. The zero-order chi connectivity index (χ0) is 18.6. The molecular formula is C20H25N5O. The number of carbonyl (C=O) groups excluding carboxylic acids is 1. The van der Waals surface area contributed by atoms with Crippen molar-refractivity contribution in [1.29, 1.82) is 5.26 Å². The summed E-state index contributed by atoms with van der Waals surface area (Å²) in [6.07, 6.45) is 4.26. The first kappa shape index (κ1) is 18.2. The van der Waals surface area contributed by atoms with Crippen molar-refractivity contribution >= 4 is 5.91 Å². The summed E-state index contributed by atoms with van der Waals surface area (Å²) in [7, 11) is 0. The van der Waals surface area contributed by atoms with Gasteiger partial charge in [-0.25, -0.2) is 4.98 Å². The molecule has 1 saturated heterocycles. The summed E-state index contributed by atoms with van der Waals surface area (Å²) >= 11 is 0. The summed E-state index contributed by atoms with van der Waals surface area (Å²) in [5.74, 6) is 0.845. The third kappa shape index (κ3) is 4.30. The molecule has 1 amide bonds. The number of hydrogen-bond donors (Lipinski definition) is 2. The van der Waals surface area contributed by atoms with Crippen LogP contribution in [0.4, 0.5) is 0 Å². The van der Waals surface area contributed by atoms with E-state index in [-0.39, 0.29) is 24.0 Å². The van der Waals surface area contributed by atoms with Gasteiger partial charge in [-0.3, -0.25) is 4.79 Å². The van der Waals surface area contributed by atoms with Gasteiger partial charge in [-0.15, -0.1) is 0 Å². The van der Waals surface area contributed by atoms with E-state index in [2.05, 4.69) is 35.2 Å². The maximum atomic E-state index is 12.4. The summed E-state index contributed by atoms with van der Waals surface area (Å²) in [4.78, 5) is 21.9. The molecule has 26 heavy (non-hydrogen) atoms. The Morgan fingerprint density at radius 2 is 2.19 bits per heavy atom. The third-order valence-electron chi connectivity index (χ3n) is 4.75. The lowest BCUT2D eigenvalue weighted by atomic mass is 9.99. The first-order chi connectivity index (χ1) is 12.5. The van der Waals surface area contributed by atoms with Gasteiger partial charge in [-0.1, -0.05) is 30.3 Å². The first-order valence-electron chi connectivity index (χ1n) is 9.02. The van der Waals surface area contributed by atoms with Crippen molar-refractivity contribution in [2.24, 2.45) is 0 Å². The molecule has 0 unspecified atom stereocenters. The zero-order valence-electron chi connectivity index (χ0n) is 15.3. The van der Waals surface area contributed by atoms with Gasteiger partial charge in [0.1, 0.15) is 11.9 Å². The molecule has 136 valence electrons. The number of nitrogens with zero attached hydrogens (tertiary/aromatic N) is 3. The van der Waals surface area contributed by atoms with Crippen LogP contribution in [0.15, 0.2) is 36.5 Å². The number of nitriles is 1. The smallest absolute Gasteiger partial charge is 0.237 e. The second kappa shape index (κ2) is 7.71. The normalized spacial score (nSPS) is 17.3. The molecule has 3 rings (SSSR count). The molecule has 1 aliphatic rings. The zero-order valence-corrected chi connectivity index (χ0v) is 15.3. The highest BCUT2D eigenvalue weighted by Gasteiger charge is 2.29. The number of imidazole rings is 1. The largest absolute Gasteiger partial charge is 0.342 e. The predicted molar refractivity (Wildman–Crippen MR) is 100 cm³/mol. The molecule has 1 fully saturated rings. The molecule has 0 bridgehead atoms. The topological polar surface area (TPSA) is 84.8 Å². The summed E-state index contributed by atoms with van der Waals surface area (Å²) in [5, 5.41) is 12.5. The van der Waals surface area contributed by atoms with Crippen molar-refractivity contribution in [3.8, 4) is 17.5 Å². The fourth-order valence-electron chi connectivity index (χ4n) is 3.35. The Hall–Kier alpha value is -2.65. The second-order valence-corrected chi connectivity index (χ2v) is 7.41. The number of amides is 1. The molecule has 0 aliphatic carbocycles. The molecule has 2 aromatic rings. The lowest BCUT2D eigenvalue weighted by molar-refractivity contribution is -0.130. The van der Waals surface area contributed by atoms with Crippen molar-refractivity contribution in [3.63, 3.8) is 0 Å². The number of benzene rings is 1. The van der Waals surface area contributed by atoms with Gasteiger partial charge in [-0.05, 0) is 26.7 Å². The molecule has 1 aromatic heterocycles. The molecular weight excluding hydrogens is 326 g/mol. The summed E-state index contributed by atoms with van der Waals surface area (Å²) < 4.78 is 0. The number of aromatic amines is 1. The molecule has 0 radical (unpaired) electrons. The Labute approximate surface area is 154 Å². The van der Waals surface area contributed by atoms with E-state index < -0.39 is 0 Å². The molecule has 6 heteroatoms. The number of H-pyrrole nitrogens is 1. The van der Waals surface area contributed by atoms with Crippen LogP contribution < -0.4 is 5.32 Å². The number of nitrogens with one attached hydrogen (secondary N) is 2. The highest BCUT2D eigenvalue weighted by Crippen LogP contribution is 2.19. The number of likely N-dealkylation sites (tertiary alicyclic amines) is 1. The number of aromatic nitrogens is 2. The van der Waals surface area contributed by atoms with Crippen LogP contribution in [0.2, 0.25) is 0 Å². The van der Waals surface area contributed by atoms with E-state index >= 15 is 0 Å². The van der Waals surface area contributed by atoms with E-state index in [4.69, 9.17) is 5.26 Å². The van der Waals surface area contributed by atoms with E-state index in [1.165, 1.54) is 0 Å². The molecule has 6 nitrogen and oxygen atoms in total. The van der Waals surface area contributed by atoms with Crippen LogP contribution in [0.25, 0.3) is 11.4 Å². The van der Waals surface area contributed by atoms with Gasteiger partial charge in [0.25, 0.3) is 0 Å². The molecule has 1 aliphatic heterocycles. The van der Waals surface area contributed by atoms with Crippen LogP contribution >= 0.6 is 0 Å². The van der Waals surface area contributed by atoms with Gasteiger partial charge >= 0.3 is 0 Å². The van der Waals surface area contributed by atoms with Gasteiger partial charge in [-0.2, -0.15) is 5.26 Å². The fraction of sp³-hybridized carbons (Fsp3) is 0.450. The molecule has 0 saturated carbocycles. The lowest BCUT2D eigenvalue weighted by Gasteiger charge is -2.27. The molecule has 1 atom stereocenters. The Morgan fingerprint density at radius 1 is 1.42 bits per heavy atom. The van der Waals surface area contributed by atoms with Crippen molar-refractivity contribution in [3.05, 3.63) is 42.2 Å². The Bertz CT molecular complexity index is 790. The van der Waals surface area contributed by atoms with Crippen LogP contribution in [0.1, 0.15) is 32.4 Å². The summed E-state index contributed by atoms with van der Waals surface area (Å²) in [5.41, 5.74) is 1.80. The second-order valence-electron chi connectivity index (χ2n) is 7.41. The molecule has 2 heterocycles. The highest BCUT2D eigenvalue weighted by molar-refractivity contribution is 5.79. The Kier molecular flexibility index (Phi) is 5.38. The number of carbonyl (C=O) groups is 1. The van der Waals surface area contributed by atoms with Gasteiger partial charge in [0.15, 0.2) is 0 Å². The SMILES string of the molecule is CC(C)(Cc1cnc(-c2ccccc2)[nH]1)NCC(=O)N1CCC[C@H]1C#N. The standard InChI is InChI=1S/C20H25N5O/c1-20(2,23-14-18(26)25-10-6-9-17(25)12-21)11-16-13-22-19(24-16)15-7-4-3-5-8-15/h3-5,7-8,13,17,23H,6,9-11,14H2,1-2H3,(H,22,24)/t17-/m0/s1. The fourth-order valence-corrected chi connectivity index (χ4v) is 3.35. The number of hydrogen-bond acceptors (Lipinski definition) is 4.